The second-order valence-corrected chi connectivity index (χ2v) is 6.72. The Kier molecular flexibility index (Phi) is 5.57. The van der Waals surface area contributed by atoms with Gasteiger partial charge in [-0.15, -0.1) is 11.3 Å². The maximum absolute atomic E-state index is 12.2. The van der Waals surface area contributed by atoms with Gasteiger partial charge in [0.15, 0.2) is 0 Å². The number of nitrogens with one attached hydrogen (secondary N) is 1. The van der Waals surface area contributed by atoms with Crippen LogP contribution in [0.5, 0.6) is 0 Å². The summed E-state index contributed by atoms with van der Waals surface area (Å²) in [6, 6.07) is 7.60. The van der Waals surface area contributed by atoms with Crippen LogP contribution in [0.4, 0.5) is 0 Å². The molecule has 0 aliphatic heterocycles. The van der Waals surface area contributed by atoms with Crippen molar-refractivity contribution < 1.29 is 9.21 Å². The van der Waals surface area contributed by atoms with Gasteiger partial charge in [-0.25, -0.2) is 4.98 Å². The first-order chi connectivity index (χ1) is 12.1. The van der Waals surface area contributed by atoms with Crippen molar-refractivity contribution >= 4 is 17.2 Å². The minimum atomic E-state index is -0.0542. The zero-order chi connectivity index (χ0) is 17.6. The van der Waals surface area contributed by atoms with Gasteiger partial charge in [0.05, 0.1) is 24.4 Å². The molecule has 1 atom stereocenters. The lowest BCUT2D eigenvalue weighted by molar-refractivity contribution is -0.120. The summed E-state index contributed by atoms with van der Waals surface area (Å²) in [7, 11) is 3.92. The van der Waals surface area contributed by atoms with Crippen molar-refractivity contribution in [2.24, 2.45) is 0 Å². The van der Waals surface area contributed by atoms with Crippen molar-refractivity contribution in [1.82, 2.24) is 20.2 Å². The molecular weight excluding hydrogens is 336 g/mol. The third-order valence-corrected chi connectivity index (χ3v) is 4.73. The molecule has 1 unspecified atom stereocenters. The fourth-order valence-electron chi connectivity index (χ4n) is 2.47. The summed E-state index contributed by atoms with van der Waals surface area (Å²) in [6.45, 7) is 0.485. The Morgan fingerprint density at radius 2 is 2.24 bits per heavy atom. The Hall–Kier alpha value is -2.51. The van der Waals surface area contributed by atoms with E-state index in [0.717, 1.165) is 22.0 Å². The van der Waals surface area contributed by atoms with Crippen LogP contribution in [0, 0.1) is 0 Å². The van der Waals surface area contributed by atoms with Gasteiger partial charge in [0, 0.05) is 29.9 Å². The molecule has 0 aliphatic rings. The molecule has 6 nitrogen and oxygen atoms in total. The molecule has 3 heterocycles. The minimum absolute atomic E-state index is 0.000313. The van der Waals surface area contributed by atoms with Crippen LogP contribution < -0.4 is 5.32 Å². The van der Waals surface area contributed by atoms with E-state index in [0.29, 0.717) is 6.54 Å². The molecule has 0 saturated heterocycles. The van der Waals surface area contributed by atoms with E-state index in [-0.39, 0.29) is 18.4 Å². The van der Waals surface area contributed by atoms with E-state index < -0.39 is 0 Å². The molecule has 25 heavy (non-hydrogen) atoms. The number of nitrogens with zero attached hydrogens (tertiary/aromatic N) is 3. The van der Waals surface area contributed by atoms with Gasteiger partial charge in [0.2, 0.25) is 5.91 Å². The highest BCUT2D eigenvalue weighted by atomic mass is 32.1. The van der Waals surface area contributed by atoms with E-state index in [1.54, 1.807) is 18.7 Å². The molecule has 0 saturated carbocycles. The number of thiazole rings is 1. The molecule has 3 aromatic rings. The zero-order valence-corrected chi connectivity index (χ0v) is 15.0. The first-order valence-corrected chi connectivity index (χ1v) is 8.83. The number of furan rings is 1. The van der Waals surface area contributed by atoms with Crippen molar-refractivity contribution in [2.75, 3.05) is 20.6 Å². The van der Waals surface area contributed by atoms with Crippen molar-refractivity contribution in [3.8, 4) is 10.6 Å². The van der Waals surface area contributed by atoms with Crippen LogP contribution in [0.25, 0.3) is 10.6 Å². The van der Waals surface area contributed by atoms with Crippen LogP contribution in [0.1, 0.15) is 17.5 Å². The molecule has 0 radical (unpaired) electrons. The number of carbonyl (C=O) groups excluding carboxylic acids is 1. The third-order valence-electron chi connectivity index (χ3n) is 3.79. The second-order valence-electron chi connectivity index (χ2n) is 5.86. The molecule has 0 bridgehead atoms. The first-order valence-electron chi connectivity index (χ1n) is 7.95. The van der Waals surface area contributed by atoms with E-state index in [2.05, 4.69) is 15.3 Å². The summed E-state index contributed by atoms with van der Waals surface area (Å²) >= 11 is 1.52. The van der Waals surface area contributed by atoms with Crippen LogP contribution >= 0.6 is 11.3 Å². The van der Waals surface area contributed by atoms with Crippen LogP contribution in [0.3, 0.4) is 0 Å². The Morgan fingerprint density at radius 3 is 2.92 bits per heavy atom. The van der Waals surface area contributed by atoms with Crippen molar-refractivity contribution in [3.05, 3.63) is 59.8 Å². The molecule has 3 aromatic heterocycles. The molecule has 0 aromatic carbocycles. The lowest BCUT2D eigenvalue weighted by Crippen LogP contribution is -2.35. The van der Waals surface area contributed by atoms with E-state index in [1.807, 2.05) is 48.6 Å². The fraction of sp³-hybridized carbons (Fsp3) is 0.278. The monoisotopic (exact) mass is 356 g/mol. The highest BCUT2D eigenvalue weighted by molar-refractivity contribution is 7.13. The number of pyridine rings is 1. The topological polar surface area (TPSA) is 71.3 Å². The van der Waals surface area contributed by atoms with Gasteiger partial charge >= 0.3 is 0 Å². The number of hydrogen-bond acceptors (Lipinski definition) is 6. The average molecular weight is 356 g/mol. The minimum Gasteiger partial charge on any atom is -0.468 e. The summed E-state index contributed by atoms with van der Waals surface area (Å²) in [5.74, 6) is 0.777. The van der Waals surface area contributed by atoms with Gasteiger partial charge in [-0.3, -0.25) is 14.7 Å². The largest absolute Gasteiger partial charge is 0.468 e. The molecule has 0 fully saturated rings. The summed E-state index contributed by atoms with van der Waals surface area (Å²) < 4.78 is 5.45. The predicted octanol–water partition coefficient (Wildman–Crippen LogP) is 2.76. The maximum Gasteiger partial charge on any atom is 0.226 e. The molecule has 0 aliphatic carbocycles. The average Bonchev–Trinajstić information content (AvgIpc) is 3.28. The maximum atomic E-state index is 12.2. The molecular formula is C18H20N4O2S. The van der Waals surface area contributed by atoms with E-state index in [1.165, 1.54) is 11.3 Å². The van der Waals surface area contributed by atoms with Crippen LogP contribution in [-0.2, 0) is 11.2 Å². The lowest BCUT2D eigenvalue weighted by Gasteiger charge is -2.22. The van der Waals surface area contributed by atoms with Crippen molar-refractivity contribution in [2.45, 2.75) is 12.5 Å². The molecule has 1 N–H and O–H groups in total. The van der Waals surface area contributed by atoms with Crippen LogP contribution in [-0.4, -0.2) is 41.4 Å². The van der Waals surface area contributed by atoms with Gasteiger partial charge in [-0.05, 0) is 38.4 Å². The zero-order valence-electron chi connectivity index (χ0n) is 14.2. The number of carbonyl (C=O) groups is 1. The van der Waals surface area contributed by atoms with Gasteiger partial charge in [-0.2, -0.15) is 0 Å². The standard InChI is InChI=1S/C18H20N4O2S/c1-22(2)15(16-6-4-8-24-16)11-20-17(23)9-14-12-25-18(21-14)13-5-3-7-19-10-13/h3-8,10,12,15H,9,11H2,1-2H3,(H,20,23). The van der Waals surface area contributed by atoms with Crippen LogP contribution in [0.2, 0.25) is 0 Å². The number of hydrogen-bond donors (Lipinski definition) is 1. The molecule has 3 rings (SSSR count). The summed E-state index contributed by atoms with van der Waals surface area (Å²) in [4.78, 5) is 22.9. The molecule has 0 spiro atoms. The molecule has 130 valence electrons. The van der Waals surface area contributed by atoms with Gasteiger partial charge < -0.3 is 9.73 Å². The molecule has 1 amide bonds. The second kappa shape index (κ2) is 8.04. The summed E-state index contributed by atoms with van der Waals surface area (Å²) in [6.07, 6.45) is 5.40. The van der Waals surface area contributed by atoms with E-state index >= 15 is 0 Å². The highest BCUT2D eigenvalue weighted by Crippen LogP contribution is 2.23. The lowest BCUT2D eigenvalue weighted by atomic mass is 10.2. The van der Waals surface area contributed by atoms with Crippen molar-refractivity contribution in [1.29, 1.82) is 0 Å². The Bertz CT molecular complexity index is 800. The summed E-state index contributed by atoms with van der Waals surface area (Å²) in [5.41, 5.74) is 1.73. The van der Waals surface area contributed by atoms with Crippen LogP contribution in [0.15, 0.2) is 52.7 Å². The SMILES string of the molecule is CN(C)C(CNC(=O)Cc1csc(-c2cccnc2)n1)c1ccco1. The Morgan fingerprint density at radius 1 is 1.36 bits per heavy atom. The predicted molar refractivity (Wildman–Crippen MR) is 97.2 cm³/mol. The van der Waals surface area contributed by atoms with E-state index in [9.17, 15) is 4.79 Å². The number of rotatable bonds is 7. The van der Waals surface area contributed by atoms with Gasteiger partial charge in [0.25, 0.3) is 0 Å². The number of amides is 1. The smallest absolute Gasteiger partial charge is 0.226 e. The number of aromatic nitrogens is 2. The summed E-state index contributed by atoms with van der Waals surface area (Å²) in [5, 5.41) is 5.75. The van der Waals surface area contributed by atoms with Gasteiger partial charge in [0.1, 0.15) is 10.8 Å². The first kappa shape index (κ1) is 17.3. The van der Waals surface area contributed by atoms with E-state index in [4.69, 9.17) is 4.42 Å². The fourth-order valence-corrected chi connectivity index (χ4v) is 3.28. The third kappa shape index (κ3) is 4.52. The molecule has 7 heteroatoms. The Labute approximate surface area is 150 Å². The number of likely N-dealkylation sites (N-methyl/N-ethyl adjacent to an activating group) is 1. The normalized spacial score (nSPS) is 12.3. The van der Waals surface area contributed by atoms with Crippen molar-refractivity contribution in [3.63, 3.8) is 0 Å². The highest BCUT2D eigenvalue weighted by Gasteiger charge is 2.18. The quantitative estimate of drug-likeness (QED) is 0.705. The van der Waals surface area contributed by atoms with Gasteiger partial charge in [-0.1, -0.05) is 0 Å². The Balaban J connectivity index is 1.57.